The smallest absolute Gasteiger partial charge is 0.402 e. The zero-order valence-corrected chi connectivity index (χ0v) is 13.8. The van der Waals surface area contributed by atoms with Crippen LogP contribution >= 0.6 is 19.4 Å². The zero-order valence-electron chi connectivity index (χ0n) is 12.1. The van der Waals surface area contributed by atoms with Gasteiger partial charge in [-0.05, 0) is 32.9 Å². The largest absolute Gasteiger partial charge is 0.530 e. The normalized spacial score (nSPS) is 12.5. The van der Waals surface area contributed by atoms with Crippen molar-refractivity contribution in [2.75, 3.05) is 13.2 Å². The van der Waals surface area contributed by atoms with Crippen molar-refractivity contribution in [2.24, 2.45) is 0 Å². The lowest BCUT2D eigenvalue weighted by Crippen LogP contribution is -2.02. The van der Waals surface area contributed by atoms with Gasteiger partial charge in [-0.25, -0.2) is 4.57 Å². The van der Waals surface area contributed by atoms with Crippen molar-refractivity contribution in [3.05, 3.63) is 40.4 Å². The summed E-state index contributed by atoms with van der Waals surface area (Å²) < 4.78 is 28.1. The third-order valence-electron chi connectivity index (χ3n) is 2.40. The van der Waals surface area contributed by atoms with Gasteiger partial charge in [0.15, 0.2) is 5.76 Å². The molecule has 0 spiro atoms. The van der Waals surface area contributed by atoms with Gasteiger partial charge in [-0.3, -0.25) is 9.05 Å². The van der Waals surface area contributed by atoms with E-state index in [-0.39, 0.29) is 24.5 Å². The first kappa shape index (κ1) is 17.7. The van der Waals surface area contributed by atoms with Gasteiger partial charge in [-0.2, -0.15) is 5.26 Å². The number of halogens is 1. The van der Waals surface area contributed by atoms with E-state index in [2.05, 4.69) is 0 Å². The molecule has 1 aromatic rings. The van der Waals surface area contributed by atoms with Gasteiger partial charge in [0.05, 0.1) is 29.9 Å². The molecular formula is C14H17ClNO4P. The second kappa shape index (κ2) is 8.21. The predicted octanol–water partition coefficient (Wildman–Crippen LogP) is 4.79. The molecule has 0 radical (unpaired) electrons. The fourth-order valence-corrected chi connectivity index (χ4v) is 3.03. The monoisotopic (exact) mass is 329 g/mol. The van der Waals surface area contributed by atoms with Gasteiger partial charge in [0, 0.05) is 5.56 Å². The summed E-state index contributed by atoms with van der Waals surface area (Å²) in [6.07, 6.45) is 0. The molecule has 0 saturated carbocycles. The quantitative estimate of drug-likeness (QED) is 0.408. The summed E-state index contributed by atoms with van der Waals surface area (Å²) in [6, 6.07) is 8.76. The number of phosphoric acid groups is 1. The molecule has 1 rings (SSSR count). The van der Waals surface area contributed by atoms with Crippen molar-refractivity contribution in [1.82, 2.24) is 0 Å². The predicted molar refractivity (Wildman–Crippen MR) is 81.6 cm³/mol. The highest BCUT2D eigenvalue weighted by molar-refractivity contribution is 7.48. The van der Waals surface area contributed by atoms with E-state index in [1.54, 1.807) is 45.0 Å². The van der Waals surface area contributed by atoms with Gasteiger partial charge < -0.3 is 4.52 Å². The van der Waals surface area contributed by atoms with Crippen molar-refractivity contribution in [3.8, 4) is 6.07 Å². The van der Waals surface area contributed by atoms with Gasteiger partial charge >= 0.3 is 7.82 Å². The van der Waals surface area contributed by atoms with Crippen molar-refractivity contribution in [2.45, 2.75) is 20.8 Å². The van der Waals surface area contributed by atoms with Gasteiger partial charge in [0.1, 0.15) is 0 Å². The maximum Gasteiger partial charge on any atom is 0.530 e. The molecule has 0 unspecified atom stereocenters. The summed E-state index contributed by atoms with van der Waals surface area (Å²) in [5.41, 5.74) is 0.681. The molecule has 0 N–H and O–H groups in total. The molecule has 0 aromatic heterocycles. The number of nitrogens with zero attached hydrogens (tertiary/aromatic N) is 1. The highest BCUT2D eigenvalue weighted by atomic mass is 35.5. The molecule has 114 valence electrons. The third kappa shape index (κ3) is 4.87. The Bertz CT molecular complexity index is 599. The number of benzene rings is 1. The average Bonchev–Trinajstić information content (AvgIpc) is 2.45. The summed E-state index contributed by atoms with van der Waals surface area (Å²) >= 11 is 6.11. The van der Waals surface area contributed by atoms with Crippen LogP contribution in [0.4, 0.5) is 0 Å². The van der Waals surface area contributed by atoms with Gasteiger partial charge in [-0.1, -0.05) is 23.7 Å². The first-order valence-corrected chi connectivity index (χ1v) is 8.25. The fourth-order valence-electron chi connectivity index (χ4n) is 1.53. The molecule has 0 heterocycles. The van der Waals surface area contributed by atoms with Crippen LogP contribution in [0.2, 0.25) is 5.02 Å². The fraction of sp³-hybridized carbons (Fsp3) is 0.357. The first-order chi connectivity index (χ1) is 9.97. The maximum atomic E-state index is 12.5. The van der Waals surface area contributed by atoms with Gasteiger partial charge in [0.2, 0.25) is 0 Å². The first-order valence-electron chi connectivity index (χ1n) is 6.42. The van der Waals surface area contributed by atoms with Crippen LogP contribution < -0.4 is 0 Å². The third-order valence-corrected chi connectivity index (χ3v) is 4.29. The van der Waals surface area contributed by atoms with Crippen molar-refractivity contribution < 1.29 is 18.1 Å². The minimum atomic E-state index is -3.80. The topological polar surface area (TPSA) is 68.6 Å². The van der Waals surface area contributed by atoms with Crippen molar-refractivity contribution in [3.63, 3.8) is 0 Å². The van der Waals surface area contributed by atoms with Crippen LogP contribution in [0.15, 0.2) is 29.8 Å². The van der Waals surface area contributed by atoms with Crippen LogP contribution in [-0.2, 0) is 18.1 Å². The number of phosphoric ester groups is 1. The summed E-state index contributed by atoms with van der Waals surface area (Å²) in [4.78, 5) is 0. The van der Waals surface area contributed by atoms with E-state index in [1.807, 2.05) is 6.07 Å². The number of nitriles is 1. The molecule has 0 aliphatic carbocycles. The zero-order chi connectivity index (χ0) is 15.9. The van der Waals surface area contributed by atoms with E-state index < -0.39 is 7.82 Å². The van der Waals surface area contributed by atoms with Crippen LogP contribution in [0.25, 0.3) is 5.76 Å². The number of rotatable bonds is 7. The molecule has 0 aliphatic rings. The Balaban J connectivity index is 3.27. The molecule has 5 nitrogen and oxygen atoms in total. The number of hydrogen-bond acceptors (Lipinski definition) is 5. The van der Waals surface area contributed by atoms with Gasteiger partial charge in [-0.15, -0.1) is 0 Å². The molecule has 0 bridgehead atoms. The minimum absolute atomic E-state index is 0.0910. The van der Waals surface area contributed by atoms with Crippen LogP contribution in [0.1, 0.15) is 26.3 Å². The van der Waals surface area contributed by atoms with Crippen LogP contribution in [0.3, 0.4) is 0 Å². The van der Waals surface area contributed by atoms with E-state index in [1.165, 1.54) is 0 Å². The van der Waals surface area contributed by atoms with Gasteiger partial charge in [0.25, 0.3) is 0 Å². The van der Waals surface area contributed by atoms with E-state index in [9.17, 15) is 4.57 Å². The SMILES string of the molecule is CCOP(=O)(OCC)OC(=C(C)C#N)c1ccccc1Cl. The molecule has 0 aliphatic heterocycles. The molecule has 0 amide bonds. The standard InChI is InChI=1S/C14H17ClNO4P/c1-4-18-21(17,19-5-2)20-14(11(3)10-16)12-8-6-7-9-13(12)15/h6-9H,4-5H2,1-3H3. The number of hydrogen-bond donors (Lipinski definition) is 0. The Labute approximate surface area is 129 Å². The second-order valence-corrected chi connectivity index (χ2v) is 5.92. The lowest BCUT2D eigenvalue weighted by atomic mass is 10.1. The van der Waals surface area contributed by atoms with E-state index in [0.717, 1.165) is 0 Å². The Morgan fingerprint density at radius 1 is 1.29 bits per heavy atom. The van der Waals surface area contributed by atoms with Crippen molar-refractivity contribution in [1.29, 1.82) is 5.26 Å². The Hall–Kier alpha value is -1.31. The maximum absolute atomic E-state index is 12.5. The summed E-state index contributed by atoms with van der Waals surface area (Å²) in [5.74, 6) is 0.0910. The average molecular weight is 330 g/mol. The lowest BCUT2D eigenvalue weighted by Gasteiger charge is -2.20. The van der Waals surface area contributed by atoms with Crippen LogP contribution in [0, 0.1) is 11.3 Å². The van der Waals surface area contributed by atoms with Crippen LogP contribution in [-0.4, -0.2) is 13.2 Å². The summed E-state index contributed by atoms with van der Waals surface area (Å²) in [7, 11) is -3.80. The molecule has 0 saturated heterocycles. The Kier molecular flexibility index (Phi) is 6.94. The summed E-state index contributed by atoms with van der Waals surface area (Å²) in [6.45, 7) is 5.19. The highest BCUT2D eigenvalue weighted by Crippen LogP contribution is 2.53. The second-order valence-electron chi connectivity index (χ2n) is 3.92. The molecule has 1 aromatic carbocycles. The van der Waals surface area contributed by atoms with Crippen molar-refractivity contribution >= 4 is 25.2 Å². The number of allylic oxidation sites excluding steroid dienone is 1. The highest BCUT2D eigenvalue weighted by Gasteiger charge is 2.30. The molecule has 7 heteroatoms. The van der Waals surface area contributed by atoms with E-state index >= 15 is 0 Å². The molecule has 0 fully saturated rings. The van der Waals surface area contributed by atoms with Crippen LogP contribution in [0.5, 0.6) is 0 Å². The summed E-state index contributed by atoms with van der Waals surface area (Å²) in [5, 5.41) is 9.49. The lowest BCUT2D eigenvalue weighted by molar-refractivity contribution is 0.159. The molecule has 0 atom stereocenters. The van der Waals surface area contributed by atoms with E-state index in [0.29, 0.717) is 10.6 Å². The Morgan fingerprint density at radius 2 is 1.86 bits per heavy atom. The Morgan fingerprint density at radius 3 is 2.33 bits per heavy atom. The molecule has 21 heavy (non-hydrogen) atoms. The molecular weight excluding hydrogens is 313 g/mol. The van der Waals surface area contributed by atoms with E-state index in [4.69, 9.17) is 30.4 Å². The minimum Gasteiger partial charge on any atom is -0.402 e.